The molecule has 0 saturated carbocycles. The van der Waals surface area contributed by atoms with Crippen molar-refractivity contribution in [1.82, 2.24) is 20.2 Å². The highest BCUT2D eigenvalue weighted by molar-refractivity contribution is 9.10. The minimum absolute atomic E-state index is 0.355. The molecule has 0 unspecified atom stereocenters. The molecule has 1 amide bonds. The minimum atomic E-state index is -0.355. The van der Waals surface area contributed by atoms with Crippen molar-refractivity contribution in [2.24, 2.45) is 5.10 Å². The molecule has 0 radical (unpaired) electrons. The number of nitrogens with one attached hydrogen (secondary N) is 1. The van der Waals surface area contributed by atoms with E-state index in [-0.39, 0.29) is 5.91 Å². The van der Waals surface area contributed by atoms with Crippen LogP contribution in [0.15, 0.2) is 94.5 Å². The SMILES string of the molecule is Cc1nn(-c2ccccc2)c2nc(-c3ccc(Cl)cc3)cc(C(=O)NN=Cc3ccccc3Br)c12. The molecular formula is C27H19BrClN5O. The van der Waals surface area contributed by atoms with Gasteiger partial charge >= 0.3 is 0 Å². The largest absolute Gasteiger partial charge is 0.272 e. The fourth-order valence-corrected chi connectivity index (χ4v) is 4.30. The molecule has 5 rings (SSSR count). The molecule has 0 fully saturated rings. The number of hydrogen-bond donors (Lipinski definition) is 1. The third kappa shape index (κ3) is 4.73. The first-order chi connectivity index (χ1) is 17.0. The van der Waals surface area contributed by atoms with Crippen LogP contribution in [0.2, 0.25) is 5.02 Å². The highest BCUT2D eigenvalue weighted by Crippen LogP contribution is 2.29. The number of aryl methyl sites for hydroxylation is 1. The number of amides is 1. The number of hydrazone groups is 1. The molecular weight excluding hydrogens is 526 g/mol. The molecule has 1 N–H and O–H groups in total. The van der Waals surface area contributed by atoms with Crippen molar-refractivity contribution in [2.45, 2.75) is 6.92 Å². The van der Waals surface area contributed by atoms with Gasteiger partial charge in [0.05, 0.1) is 34.2 Å². The molecule has 8 heteroatoms. The molecule has 3 aromatic carbocycles. The number of fused-ring (bicyclic) bond motifs is 1. The highest BCUT2D eigenvalue weighted by Gasteiger charge is 2.21. The molecule has 2 aromatic heterocycles. The van der Waals surface area contributed by atoms with Gasteiger partial charge in [0.1, 0.15) is 0 Å². The van der Waals surface area contributed by atoms with Crippen LogP contribution in [0.1, 0.15) is 21.6 Å². The summed E-state index contributed by atoms with van der Waals surface area (Å²) in [5.74, 6) is -0.355. The Morgan fingerprint density at radius 1 is 1.03 bits per heavy atom. The molecule has 172 valence electrons. The van der Waals surface area contributed by atoms with Gasteiger partial charge in [0.2, 0.25) is 0 Å². The fourth-order valence-electron chi connectivity index (χ4n) is 3.79. The van der Waals surface area contributed by atoms with E-state index in [1.54, 1.807) is 29.1 Å². The Morgan fingerprint density at radius 2 is 1.74 bits per heavy atom. The van der Waals surface area contributed by atoms with Crippen LogP contribution in [-0.2, 0) is 0 Å². The maximum atomic E-state index is 13.3. The maximum Gasteiger partial charge on any atom is 0.272 e. The summed E-state index contributed by atoms with van der Waals surface area (Å²) in [7, 11) is 0. The van der Waals surface area contributed by atoms with Gasteiger partial charge in [-0.15, -0.1) is 0 Å². The molecule has 0 atom stereocenters. The number of carbonyl (C=O) groups excluding carboxylic acids is 1. The number of aromatic nitrogens is 3. The third-order valence-corrected chi connectivity index (χ3v) is 6.45. The minimum Gasteiger partial charge on any atom is -0.267 e. The predicted octanol–water partition coefficient (Wildman–Crippen LogP) is 6.58. The van der Waals surface area contributed by atoms with Crippen molar-refractivity contribution in [2.75, 3.05) is 0 Å². The lowest BCUT2D eigenvalue weighted by Gasteiger charge is -2.09. The van der Waals surface area contributed by atoms with E-state index in [0.29, 0.717) is 33.0 Å². The molecule has 6 nitrogen and oxygen atoms in total. The van der Waals surface area contributed by atoms with Gasteiger partial charge in [0.25, 0.3) is 5.91 Å². The number of rotatable bonds is 5. The van der Waals surface area contributed by atoms with Crippen LogP contribution in [0, 0.1) is 6.92 Å². The van der Waals surface area contributed by atoms with Gasteiger partial charge in [-0.05, 0) is 43.3 Å². The van der Waals surface area contributed by atoms with Gasteiger partial charge in [0.15, 0.2) is 5.65 Å². The lowest BCUT2D eigenvalue weighted by atomic mass is 10.1. The molecule has 2 heterocycles. The van der Waals surface area contributed by atoms with Crippen LogP contribution in [0.25, 0.3) is 28.0 Å². The van der Waals surface area contributed by atoms with Gasteiger partial charge in [0, 0.05) is 20.6 Å². The molecule has 0 aliphatic heterocycles. The summed E-state index contributed by atoms with van der Waals surface area (Å²) in [6.45, 7) is 1.87. The number of pyridine rings is 1. The Labute approximate surface area is 215 Å². The van der Waals surface area contributed by atoms with E-state index in [4.69, 9.17) is 21.7 Å². The summed E-state index contributed by atoms with van der Waals surface area (Å²) in [6, 6.07) is 26.4. The Hall–Kier alpha value is -3.81. The molecule has 0 bridgehead atoms. The first-order valence-corrected chi connectivity index (χ1v) is 12.0. The lowest BCUT2D eigenvalue weighted by molar-refractivity contribution is 0.0956. The lowest BCUT2D eigenvalue weighted by Crippen LogP contribution is -2.18. The monoisotopic (exact) mass is 543 g/mol. The number of hydrogen-bond acceptors (Lipinski definition) is 4. The summed E-state index contributed by atoms with van der Waals surface area (Å²) in [4.78, 5) is 18.2. The van der Waals surface area contributed by atoms with Gasteiger partial charge in [-0.3, -0.25) is 4.79 Å². The first-order valence-electron chi connectivity index (χ1n) is 10.8. The highest BCUT2D eigenvalue weighted by atomic mass is 79.9. The van der Waals surface area contributed by atoms with E-state index >= 15 is 0 Å². The second-order valence-corrected chi connectivity index (χ2v) is 9.10. The Morgan fingerprint density at radius 3 is 2.49 bits per heavy atom. The van der Waals surface area contributed by atoms with E-state index in [9.17, 15) is 4.79 Å². The number of benzene rings is 3. The number of carbonyl (C=O) groups is 1. The molecule has 0 spiro atoms. The van der Waals surface area contributed by atoms with Gasteiger partial charge in [-0.2, -0.15) is 10.2 Å². The predicted molar refractivity (Wildman–Crippen MR) is 143 cm³/mol. The van der Waals surface area contributed by atoms with E-state index in [0.717, 1.165) is 21.3 Å². The summed E-state index contributed by atoms with van der Waals surface area (Å²) >= 11 is 9.57. The van der Waals surface area contributed by atoms with Gasteiger partial charge in [-0.25, -0.2) is 15.1 Å². The summed E-state index contributed by atoms with van der Waals surface area (Å²) in [5.41, 5.74) is 7.53. The molecule has 35 heavy (non-hydrogen) atoms. The van der Waals surface area contributed by atoms with Crippen LogP contribution >= 0.6 is 27.5 Å². The average molecular weight is 545 g/mol. The third-order valence-electron chi connectivity index (χ3n) is 5.47. The molecule has 0 aliphatic carbocycles. The van der Waals surface area contributed by atoms with E-state index in [1.807, 2.05) is 73.7 Å². The van der Waals surface area contributed by atoms with Crippen LogP contribution in [-0.4, -0.2) is 26.9 Å². The Balaban J connectivity index is 1.62. The molecule has 0 aliphatic rings. The van der Waals surface area contributed by atoms with Crippen molar-refractivity contribution >= 4 is 50.7 Å². The van der Waals surface area contributed by atoms with Crippen LogP contribution < -0.4 is 5.43 Å². The zero-order chi connectivity index (χ0) is 24.4. The van der Waals surface area contributed by atoms with Crippen molar-refractivity contribution in [1.29, 1.82) is 0 Å². The Kier molecular flexibility index (Phi) is 6.44. The standard InChI is InChI=1S/C27H19BrClN5O/c1-17-25-22(27(35)32-30-16-19-7-5-6-10-23(19)28)15-24(18-11-13-20(29)14-12-18)31-26(25)34(33-17)21-8-3-2-4-9-21/h2-16H,1H3,(H,32,35). The number of nitrogens with zero attached hydrogens (tertiary/aromatic N) is 4. The van der Waals surface area contributed by atoms with Crippen LogP contribution in [0.3, 0.4) is 0 Å². The molecule has 0 saturated heterocycles. The van der Waals surface area contributed by atoms with Crippen molar-refractivity contribution in [3.63, 3.8) is 0 Å². The quantitative estimate of drug-likeness (QED) is 0.201. The zero-order valence-corrected chi connectivity index (χ0v) is 21.0. The van der Waals surface area contributed by atoms with Gasteiger partial charge < -0.3 is 0 Å². The maximum absolute atomic E-state index is 13.3. The van der Waals surface area contributed by atoms with Crippen LogP contribution in [0.5, 0.6) is 0 Å². The Bertz CT molecular complexity index is 1560. The second kappa shape index (κ2) is 9.82. The van der Waals surface area contributed by atoms with E-state index in [2.05, 4.69) is 26.5 Å². The summed E-state index contributed by atoms with van der Waals surface area (Å²) in [6.07, 6.45) is 1.60. The smallest absolute Gasteiger partial charge is 0.267 e. The van der Waals surface area contributed by atoms with Crippen molar-refractivity contribution in [3.8, 4) is 16.9 Å². The first kappa shape index (κ1) is 23.0. The van der Waals surface area contributed by atoms with Gasteiger partial charge in [-0.1, -0.05) is 76.1 Å². The summed E-state index contributed by atoms with van der Waals surface area (Å²) in [5, 5.41) is 10.2. The zero-order valence-electron chi connectivity index (χ0n) is 18.6. The number of halogens is 2. The topological polar surface area (TPSA) is 72.2 Å². The van der Waals surface area contributed by atoms with Crippen molar-refractivity contribution in [3.05, 3.63) is 111 Å². The van der Waals surface area contributed by atoms with Crippen molar-refractivity contribution < 1.29 is 4.79 Å². The molecule has 5 aromatic rings. The fraction of sp³-hybridized carbons (Fsp3) is 0.0370. The van der Waals surface area contributed by atoms with E-state index in [1.165, 1.54) is 0 Å². The van der Waals surface area contributed by atoms with Crippen LogP contribution in [0.4, 0.5) is 0 Å². The summed E-state index contributed by atoms with van der Waals surface area (Å²) < 4.78 is 2.64. The average Bonchev–Trinajstić information content (AvgIpc) is 3.22. The van der Waals surface area contributed by atoms with E-state index < -0.39 is 0 Å². The second-order valence-electron chi connectivity index (χ2n) is 7.81. The normalized spacial score (nSPS) is 11.3. The number of para-hydroxylation sites is 1.